The first-order chi connectivity index (χ1) is 18.5. The molecule has 1 aromatic heterocycles. The summed E-state index contributed by atoms with van der Waals surface area (Å²) in [6.45, 7) is 11.1. The van der Waals surface area contributed by atoms with Crippen LogP contribution in [0.3, 0.4) is 0 Å². The van der Waals surface area contributed by atoms with Gasteiger partial charge in [-0.15, -0.1) is 0 Å². The molecule has 208 valence electrons. The number of nitrogens with one attached hydrogen (secondary N) is 2. The van der Waals surface area contributed by atoms with E-state index in [9.17, 15) is 9.59 Å². The van der Waals surface area contributed by atoms with Crippen LogP contribution in [0.1, 0.15) is 82.3 Å². The average Bonchev–Trinajstić information content (AvgIpc) is 3.25. The molecule has 2 heterocycles. The minimum absolute atomic E-state index is 0.0233. The molecule has 1 saturated heterocycles. The van der Waals surface area contributed by atoms with Gasteiger partial charge in [0.15, 0.2) is 0 Å². The molecule has 39 heavy (non-hydrogen) atoms. The molecular weight excluding hydrogens is 513 g/mol. The van der Waals surface area contributed by atoms with Crippen molar-refractivity contribution in [1.29, 1.82) is 0 Å². The summed E-state index contributed by atoms with van der Waals surface area (Å²) in [5.74, 6) is 0.602. The van der Waals surface area contributed by atoms with Crippen LogP contribution >= 0.6 is 11.6 Å². The van der Waals surface area contributed by atoms with Crippen LogP contribution in [0.5, 0.6) is 0 Å². The molecule has 6 atom stereocenters. The molecular formula is C30H39BClN3O4. The number of rotatable bonds is 9. The highest BCUT2D eigenvalue weighted by Gasteiger charge is 2.68. The van der Waals surface area contributed by atoms with E-state index in [-0.39, 0.29) is 41.3 Å². The monoisotopic (exact) mass is 551 g/mol. The second-order valence-corrected chi connectivity index (χ2v) is 13.0. The Morgan fingerprint density at radius 3 is 2.56 bits per heavy atom. The molecule has 9 heteroatoms. The summed E-state index contributed by atoms with van der Waals surface area (Å²) in [6, 6.07) is 10.0. The van der Waals surface area contributed by atoms with Crippen molar-refractivity contribution in [3.63, 3.8) is 0 Å². The number of aromatic nitrogens is 1. The highest BCUT2D eigenvalue weighted by Crippen LogP contribution is 2.65. The summed E-state index contributed by atoms with van der Waals surface area (Å²) in [5, 5.41) is 6.68. The molecule has 0 spiro atoms. The number of benzene rings is 1. The lowest BCUT2D eigenvalue weighted by Crippen LogP contribution is -2.65. The normalized spacial score (nSPS) is 28.3. The van der Waals surface area contributed by atoms with E-state index in [1.54, 1.807) is 24.4 Å². The minimum atomic E-state index is -0.621. The zero-order valence-corrected chi connectivity index (χ0v) is 24.2. The van der Waals surface area contributed by atoms with E-state index in [0.29, 0.717) is 33.9 Å². The van der Waals surface area contributed by atoms with E-state index >= 15 is 0 Å². The Morgan fingerprint density at radius 2 is 1.90 bits per heavy atom. The maximum absolute atomic E-state index is 13.5. The van der Waals surface area contributed by atoms with Gasteiger partial charge in [0.2, 0.25) is 5.91 Å². The molecule has 1 aromatic carbocycles. The van der Waals surface area contributed by atoms with E-state index in [4.69, 9.17) is 20.9 Å². The first kappa shape index (κ1) is 28.1. The highest BCUT2D eigenvalue weighted by molar-refractivity contribution is 6.47. The molecule has 3 aliphatic carbocycles. The first-order valence-corrected chi connectivity index (χ1v) is 14.4. The topological polar surface area (TPSA) is 89.6 Å². The van der Waals surface area contributed by atoms with Crippen molar-refractivity contribution in [3.05, 3.63) is 64.9 Å². The molecule has 3 saturated carbocycles. The van der Waals surface area contributed by atoms with E-state index < -0.39 is 13.2 Å². The Bertz CT molecular complexity index is 1210. The molecule has 2 amide bonds. The summed E-state index contributed by atoms with van der Waals surface area (Å²) >= 11 is 6.50. The second-order valence-electron chi connectivity index (χ2n) is 12.6. The molecule has 4 aliphatic rings. The third kappa shape index (κ3) is 5.48. The van der Waals surface area contributed by atoms with Gasteiger partial charge in [0.1, 0.15) is 0 Å². The van der Waals surface area contributed by atoms with Crippen LogP contribution in [-0.2, 0) is 14.1 Å². The van der Waals surface area contributed by atoms with E-state index in [2.05, 4.69) is 50.2 Å². The molecule has 2 aromatic rings. The fourth-order valence-electron chi connectivity index (χ4n) is 7.00. The maximum Gasteiger partial charge on any atom is 0.481 e. The number of pyridine rings is 1. The van der Waals surface area contributed by atoms with Crippen molar-refractivity contribution in [1.82, 2.24) is 15.6 Å². The van der Waals surface area contributed by atoms with Crippen molar-refractivity contribution < 1.29 is 18.9 Å². The Hall–Kier alpha value is -2.42. The molecule has 4 fully saturated rings. The van der Waals surface area contributed by atoms with Crippen molar-refractivity contribution in [3.8, 4) is 0 Å². The lowest BCUT2D eigenvalue weighted by atomic mass is 9.43. The molecule has 1 aliphatic heterocycles. The summed E-state index contributed by atoms with van der Waals surface area (Å²) in [5.41, 5.74) is 0.994. The minimum Gasteiger partial charge on any atom is -0.404 e. The predicted octanol–water partition coefficient (Wildman–Crippen LogP) is 5.39. The van der Waals surface area contributed by atoms with E-state index in [0.717, 1.165) is 12.8 Å². The highest BCUT2D eigenvalue weighted by atomic mass is 35.5. The van der Waals surface area contributed by atoms with Gasteiger partial charge in [0.05, 0.1) is 35.7 Å². The fraction of sp³-hybridized carbons (Fsp3) is 0.567. The Morgan fingerprint density at radius 1 is 1.13 bits per heavy atom. The van der Waals surface area contributed by atoms with Gasteiger partial charge in [-0.05, 0) is 73.1 Å². The largest absolute Gasteiger partial charge is 0.481 e. The number of nitrogens with zero attached hydrogens (tertiary/aromatic N) is 1. The molecule has 1 unspecified atom stereocenters. The quantitative estimate of drug-likeness (QED) is 0.408. The zero-order valence-electron chi connectivity index (χ0n) is 23.4. The number of carbonyl (C=O) groups excluding carboxylic acids is 2. The Labute approximate surface area is 236 Å². The summed E-state index contributed by atoms with van der Waals surface area (Å²) < 4.78 is 13.2. The number of carbonyl (C=O) groups is 2. The van der Waals surface area contributed by atoms with E-state index in [1.165, 1.54) is 12.6 Å². The second kappa shape index (κ2) is 10.9. The maximum atomic E-state index is 13.5. The van der Waals surface area contributed by atoms with Gasteiger partial charge in [-0.25, -0.2) is 0 Å². The van der Waals surface area contributed by atoms with Gasteiger partial charge >= 0.3 is 7.12 Å². The van der Waals surface area contributed by atoms with Gasteiger partial charge in [-0.1, -0.05) is 57.5 Å². The lowest BCUT2D eigenvalue weighted by Gasteiger charge is -2.64. The number of hydrogen-bond donors (Lipinski definition) is 2. The first-order valence-electron chi connectivity index (χ1n) is 14.1. The van der Waals surface area contributed by atoms with Gasteiger partial charge < -0.3 is 19.9 Å². The summed E-state index contributed by atoms with van der Waals surface area (Å²) in [7, 11) is -0.509. The van der Waals surface area contributed by atoms with Crippen LogP contribution in [-0.4, -0.2) is 41.6 Å². The SMILES string of the molecule is CC(C)C[C@H](NC(=O)CC(NC(=O)c1cccnc1)c1ccccc1Cl)B1O[C@@H]2C[C@@H]3C[C@@H](C3(C)C)[C@]2(C)O1. The van der Waals surface area contributed by atoms with Crippen molar-refractivity contribution in [2.45, 2.75) is 84.0 Å². The average molecular weight is 552 g/mol. The molecule has 7 nitrogen and oxygen atoms in total. The molecule has 2 bridgehead atoms. The van der Waals surface area contributed by atoms with Crippen LogP contribution in [0.15, 0.2) is 48.8 Å². The van der Waals surface area contributed by atoms with Crippen LogP contribution < -0.4 is 10.6 Å². The molecule has 0 radical (unpaired) electrons. The van der Waals surface area contributed by atoms with Crippen molar-refractivity contribution >= 4 is 30.5 Å². The van der Waals surface area contributed by atoms with Crippen LogP contribution in [0.2, 0.25) is 5.02 Å². The van der Waals surface area contributed by atoms with Gasteiger partial charge in [0, 0.05) is 17.4 Å². The fourth-order valence-corrected chi connectivity index (χ4v) is 7.27. The Kier molecular flexibility index (Phi) is 7.84. The van der Waals surface area contributed by atoms with Crippen molar-refractivity contribution in [2.75, 3.05) is 0 Å². The summed E-state index contributed by atoms with van der Waals surface area (Å²) in [6.07, 6.45) is 6.06. The van der Waals surface area contributed by atoms with Crippen LogP contribution in [0, 0.1) is 23.2 Å². The number of amides is 2. The van der Waals surface area contributed by atoms with Crippen LogP contribution in [0.4, 0.5) is 0 Å². The Balaban J connectivity index is 1.32. The number of halogens is 1. The molecule has 2 N–H and O–H groups in total. The van der Waals surface area contributed by atoms with Gasteiger partial charge in [-0.3, -0.25) is 14.6 Å². The third-order valence-electron chi connectivity index (χ3n) is 9.27. The number of hydrogen-bond acceptors (Lipinski definition) is 5. The lowest BCUT2D eigenvalue weighted by molar-refractivity contribution is -0.199. The van der Waals surface area contributed by atoms with Gasteiger partial charge in [0.25, 0.3) is 5.91 Å². The smallest absolute Gasteiger partial charge is 0.404 e. The van der Waals surface area contributed by atoms with E-state index in [1.807, 2.05) is 18.2 Å². The summed E-state index contributed by atoms with van der Waals surface area (Å²) in [4.78, 5) is 30.6. The van der Waals surface area contributed by atoms with Crippen LogP contribution in [0.25, 0.3) is 0 Å². The third-order valence-corrected chi connectivity index (χ3v) is 9.61. The zero-order chi connectivity index (χ0) is 27.9. The van der Waals surface area contributed by atoms with Gasteiger partial charge in [-0.2, -0.15) is 0 Å². The van der Waals surface area contributed by atoms with Crippen molar-refractivity contribution in [2.24, 2.45) is 23.2 Å². The standard InChI is InChI=1S/C30H39BClN3O4/c1-18(2)13-26(31-38-25-15-20-14-24(29(20,3)4)30(25,5)39-31)35-27(36)16-23(21-10-6-7-11-22(21)32)34-28(37)19-9-8-12-33-17-19/h6-12,17-18,20,23-26H,13-16H2,1-5H3,(H,34,37)(H,35,36)/t20-,23?,24-,25+,26-,30-/m0/s1. The molecule has 6 rings (SSSR count). The predicted molar refractivity (Wildman–Crippen MR) is 152 cm³/mol.